The van der Waals surface area contributed by atoms with Gasteiger partial charge >= 0.3 is 0 Å². The van der Waals surface area contributed by atoms with E-state index >= 15 is 0 Å². The van der Waals surface area contributed by atoms with Gasteiger partial charge < -0.3 is 5.32 Å². The summed E-state index contributed by atoms with van der Waals surface area (Å²) < 4.78 is 0. The Labute approximate surface area is 96.0 Å². The molecule has 0 heterocycles. The topological polar surface area (TPSA) is 12.0 Å². The molecular weight excluding hydrogens is 182 g/mol. The maximum absolute atomic E-state index is 3.70. The third-order valence-electron chi connectivity index (χ3n) is 3.88. The van der Waals surface area contributed by atoms with Crippen molar-refractivity contribution in [3.63, 3.8) is 0 Å². The fourth-order valence-electron chi connectivity index (χ4n) is 2.51. The minimum atomic E-state index is 0.726. The third kappa shape index (κ3) is 5.55. The Bertz CT molecular complexity index is 147. The minimum Gasteiger partial charge on any atom is -0.314 e. The van der Waals surface area contributed by atoms with Crippen molar-refractivity contribution in [3.05, 3.63) is 0 Å². The summed E-state index contributed by atoms with van der Waals surface area (Å²) >= 11 is 0. The molecule has 1 unspecified atom stereocenters. The quantitative estimate of drug-likeness (QED) is 0.700. The van der Waals surface area contributed by atoms with Crippen molar-refractivity contribution in [3.8, 4) is 0 Å². The standard InChI is InChI=1S/C14H29N/c1-4-5-6-13(3)15-11-14-9-7-12(2)8-10-14/h12-15H,4-11H2,1-3H3. The summed E-state index contributed by atoms with van der Waals surface area (Å²) in [5.41, 5.74) is 0. The largest absolute Gasteiger partial charge is 0.314 e. The van der Waals surface area contributed by atoms with Gasteiger partial charge in [0.15, 0.2) is 0 Å². The zero-order chi connectivity index (χ0) is 11.1. The van der Waals surface area contributed by atoms with Crippen LogP contribution in [-0.2, 0) is 0 Å². The normalized spacial score (nSPS) is 29.0. The van der Waals surface area contributed by atoms with Gasteiger partial charge in [-0.3, -0.25) is 0 Å². The lowest BCUT2D eigenvalue weighted by atomic mass is 9.83. The van der Waals surface area contributed by atoms with Crippen LogP contribution in [0.2, 0.25) is 0 Å². The Balaban J connectivity index is 2.04. The van der Waals surface area contributed by atoms with Crippen LogP contribution in [0.25, 0.3) is 0 Å². The second-order valence-electron chi connectivity index (χ2n) is 5.58. The highest BCUT2D eigenvalue weighted by Crippen LogP contribution is 2.27. The van der Waals surface area contributed by atoms with Crippen molar-refractivity contribution in [2.24, 2.45) is 11.8 Å². The highest BCUT2D eigenvalue weighted by molar-refractivity contribution is 4.73. The van der Waals surface area contributed by atoms with E-state index in [2.05, 4.69) is 26.1 Å². The Hall–Kier alpha value is -0.0400. The monoisotopic (exact) mass is 211 g/mol. The van der Waals surface area contributed by atoms with Gasteiger partial charge in [-0.15, -0.1) is 0 Å². The third-order valence-corrected chi connectivity index (χ3v) is 3.88. The van der Waals surface area contributed by atoms with Crippen LogP contribution >= 0.6 is 0 Å². The van der Waals surface area contributed by atoms with Gasteiger partial charge in [0, 0.05) is 6.04 Å². The molecule has 0 bridgehead atoms. The lowest BCUT2D eigenvalue weighted by Crippen LogP contribution is -2.32. The highest BCUT2D eigenvalue weighted by Gasteiger charge is 2.18. The summed E-state index contributed by atoms with van der Waals surface area (Å²) in [7, 11) is 0. The molecule has 0 amide bonds. The van der Waals surface area contributed by atoms with Crippen LogP contribution in [0.4, 0.5) is 0 Å². The van der Waals surface area contributed by atoms with Crippen LogP contribution in [0.1, 0.15) is 65.7 Å². The van der Waals surface area contributed by atoms with Gasteiger partial charge in [-0.25, -0.2) is 0 Å². The zero-order valence-electron chi connectivity index (χ0n) is 10.9. The Morgan fingerprint density at radius 1 is 1.20 bits per heavy atom. The van der Waals surface area contributed by atoms with Crippen LogP contribution in [0.5, 0.6) is 0 Å². The minimum absolute atomic E-state index is 0.726. The van der Waals surface area contributed by atoms with E-state index in [9.17, 15) is 0 Å². The summed E-state index contributed by atoms with van der Waals surface area (Å²) in [5.74, 6) is 1.95. The van der Waals surface area contributed by atoms with Crippen molar-refractivity contribution in [1.29, 1.82) is 0 Å². The summed E-state index contributed by atoms with van der Waals surface area (Å²) in [6.45, 7) is 8.27. The van der Waals surface area contributed by atoms with Gasteiger partial charge in [-0.1, -0.05) is 39.5 Å². The first-order valence-corrected chi connectivity index (χ1v) is 6.95. The molecule has 0 aromatic carbocycles. The van der Waals surface area contributed by atoms with E-state index in [1.807, 2.05) is 0 Å². The molecule has 0 spiro atoms. The molecule has 0 aromatic heterocycles. The van der Waals surface area contributed by atoms with Crippen molar-refractivity contribution in [2.75, 3.05) is 6.54 Å². The van der Waals surface area contributed by atoms with Crippen LogP contribution in [0.15, 0.2) is 0 Å². The molecule has 1 saturated carbocycles. The molecule has 1 N–H and O–H groups in total. The molecule has 90 valence electrons. The zero-order valence-corrected chi connectivity index (χ0v) is 10.9. The Morgan fingerprint density at radius 3 is 2.47 bits per heavy atom. The first-order chi connectivity index (χ1) is 7.22. The maximum Gasteiger partial charge on any atom is 0.00388 e. The van der Waals surface area contributed by atoms with E-state index in [1.54, 1.807) is 0 Å². The molecule has 1 rings (SSSR count). The summed E-state index contributed by atoms with van der Waals surface area (Å²) in [6.07, 6.45) is 9.86. The molecule has 0 radical (unpaired) electrons. The molecule has 1 aliphatic carbocycles. The molecule has 0 saturated heterocycles. The van der Waals surface area contributed by atoms with Crippen LogP contribution in [0, 0.1) is 11.8 Å². The number of unbranched alkanes of at least 4 members (excludes halogenated alkanes) is 1. The van der Waals surface area contributed by atoms with E-state index in [1.165, 1.54) is 51.5 Å². The summed E-state index contributed by atoms with van der Waals surface area (Å²) in [6, 6.07) is 0.726. The Morgan fingerprint density at radius 2 is 1.87 bits per heavy atom. The first kappa shape index (κ1) is 13.0. The molecule has 0 aliphatic heterocycles. The van der Waals surface area contributed by atoms with E-state index in [0.29, 0.717) is 0 Å². The fourth-order valence-corrected chi connectivity index (χ4v) is 2.51. The molecule has 1 atom stereocenters. The predicted molar refractivity (Wildman–Crippen MR) is 68.1 cm³/mol. The molecule has 0 aromatic rings. The van der Waals surface area contributed by atoms with Gasteiger partial charge in [0.25, 0.3) is 0 Å². The van der Waals surface area contributed by atoms with Crippen LogP contribution < -0.4 is 5.32 Å². The van der Waals surface area contributed by atoms with Crippen molar-refractivity contribution in [2.45, 2.75) is 71.8 Å². The smallest absolute Gasteiger partial charge is 0.00388 e. The second kappa shape index (κ2) is 7.27. The number of hydrogen-bond donors (Lipinski definition) is 1. The molecule has 1 heteroatoms. The average molecular weight is 211 g/mol. The van der Waals surface area contributed by atoms with Crippen molar-refractivity contribution >= 4 is 0 Å². The van der Waals surface area contributed by atoms with Gasteiger partial charge in [0.1, 0.15) is 0 Å². The maximum atomic E-state index is 3.70. The van der Waals surface area contributed by atoms with Gasteiger partial charge in [0.05, 0.1) is 0 Å². The lowest BCUT2D eigenvalue weighted by Gasteiger charge is -2.27. The van der Waals surface area contributed by atoms with E-state index in [-0.39, 0.29) is 0 Å². The number of nitrogens with one attached hydrogen (secondary N) is 1. The fraction of sp³-hybridized carbons (Fsp3) is 1.00. The second-order valence-corrected chi connectivity index (χ2v) is 5.58. The van der Waals surface area contributed by atoms with E-state index in [0.717, 1.165) is 17.9 Å². The summed E-state index contributed by atoms with van der Waals surface area (Å²) in [4.78, 5) is 0. The van der Waals surface area contributed by atoms with Crippen LogP contribution in [-0.4, -0.2) is 12.6 Å². The summed E-state index contributed by atoms with van der Waals surface area (Å²) in [5, 5.41) is 3.70. The first-order valence-electron chi connectivity index (χ1n) is 6.95. The lowest BCUT2D eigenvalue weighted by molar-refractivity contribution is 0.273. The molecule has 15 heavy (non-hydrogen) atoms. The van der Waals surface area contributed by atoms with Gasteiger partial charge in [0.2, 0.25) is 0 Å². The molecule has 1 fully saturated rings. The van der Waals surface area contributed by atoms with Gasteiger partial charge in [-0.05, 0) is 44.6 Å². The Kier molecular flexibility index (Phi) is 6.31. The van der Waals surface area contributed by atoms with Crippen molar-refractivity contribution < 1.29 is 0 Å². The number of rotatable bonds is 6. The van der Waals surface area contributed by atoms with Crippen LogP contribution in [0.3, 0.4) is 0 Å². The molecular formula is C14H29N. The molecule has 1 aliphatic rings. The van der Waals surface area contributed by atoms with E-state index in [4.69, 9.17) is 0 Å². The van der Waals surface area contributed by atoms with E-state index < -0.39 is 0 Å². The predicted octanol–water partition coefficient (Wildman–Crippen LogP) is 3.98. The average Bonchev–Trinajstić information content (AvgIpc) is 2.25. The number of hydrogen-bond acceptors (Lipinski definition) is 1. The molecule has 1 nitrogen and oxygen atoms in total. The SMILES string of the molecule is CCCCC(C)NCC1CCC(C)CC1. The van der Waals surface area contributed by atoms with Gasteiger partial charge in [-0.2, -0.15) is 0 Å². The van der Waals surface area contributed by atoms with Crippen molar-refractivity contribution in [1.82, 2.24) is 5.32 Å². The highest BCUT2D eigenvalue weighted by atomic mass is 14.9.